The molecule has 2 N–H and O–H groups in total. The van der Waals surface area contributed by atoms with Crippen LogP contribution in [0.3, 0.4) is 0 Å². The lowest BCUT2D eigenvalue weighted by atomic mass is 10.2. The van der Waals surface area contributed by atoms with E-state index in [2.05, 4.69) is 20.7 Å². The second-order valence-corrected chi connectivity index (χ2v) is 8.59. The van der Waals surface area contributed by atoms with Gasteiger partial charge in [-0.1, -0.05) is 12.1 Å². The van der Waals surface area contributed by atoms with Crippen LogP contribution in [0.4, 0.5) is 15.9 Å². The van der Waals surface area contributed by atoms with E-state index < -0.39 is 17.4 Å². The van der Waals surface area contributed by atoms with Crippen molar-refractivity contribution in [2.75, 3.05) is 17.7 Å². The van der Waals surface area contributed by atoms with E-state index in [1.807, 2.05) is 0 Å². The Balaban J connectivity index is 1.30. The molecule has 0 unspecified atom stereocenters. The topological polar surface area (TPSA) is 129 Å². The van der Waals surface area contributed by atoms with E-state index in [1.165, 1.54) is 44.6 Å². The smallest absolute Gasteiger partial charge is 0.351 e. The van der Waals surface area contributed by atoms with E-state index in [4.69, 9.17) is 9.47 Å². The summed E-state index contributed by atoms with van der Waals surface area (Å²) in [6, 6.07) is 13.7. The summed E-state index contributed by atoms with van der Waals surface area (Å²) in [6.45, 7) is 0. The molecule has 2 heterocycles. The maximum Gasteiger partial charge on any atom is 0.351 e. The van der Waals surface area contributed by atoms with Gasteiger partial charge in [0.15, 0.2) is 11.6 Å². The third-order valence-electron chi connectivity index (χ3n) is 5.85. The first-order chi connectivity index (χ1) is 18.3. The van der Waals surface area contributed by atoms with Gasteiger partial charge in [0.25, 0.3) is 5.91 Å². The van der Waals surface area contributed by atoms with Crippen molar-refractivity contribution >= 4 is 23.3 Å². The van der Waals surface area contributed by atoms with Gasteiger partial charge >= 0.3 is 5.69 Å². The number of anilines is 2. The summed E-state index contributed by atoms with van der Waals surface area (Å²) in [7, 11) is 2.87. The average Bonchev–Trinajstić information content (AvgIpc) is 3.72. The molecule has 2 aromatic heterocycles. The van der Waals surface area contributed by atoms with Crippen molar-refractivity contribution in [2.45, 2.75) is 12.8 Å². The lowest BCUT2D eigenvalue weighted by Crippen LogP contribution is -2.24. The van der Waals surface area contributed by atoms with Crippen LogP contribution in [0.2, 0.25) is 0 Å². The van der Waals surface area contributed by atoms with Crippen LogP contribution in [0.25, 0.3) is 5.69 Å². The number of hydrogen-bond acceptors (Lipinski definition) is 7. The van der Waals surface area contributed by atoms with E-state index >= 15 is 0 Å². The number of halogens is 1. The molecule has 5 rings (SSSR count). The van der Waals surface area contributed by atoms with Gasteiger partial charge in [-0.25, -0.2) is 14.2 Å². The zero-order valence-electron chi connectivity index (χ0n) is 20.5. The van der Waals surface area contributed by atoms with Crippen LogP contribution in [0, 0.1) is 11.7 Å². The molecule has 1 saturated carbocycles. The van der Waals surface area contributed by atoms with E-state index in [0.717, 1.165) is 28.2 Å². The van der Waals surface area contributed by atoms with Crippen LogP contribution in [0.5, 0.6) is 17.2 Å². The van der Waals surface area contributed by atoms with Gasteiger partial charge in [0, 0.05) is 37.0 Å². The number of hydrogen-bond donors (Lipinski definition) is 2. The van der Waals surface area contributed by atoms with Crippen LogP contribution < -0.4 is 25.8 Å². The molecule has 2 amide bonds. The molecule has 2 aromatic carbocycles. The van der Waals surface area contributed by atoms with Crippen molar-refractivity contribution in [3.05, 3.63) is 82.9 Å². The maximum atomic E-state index is 14.8. The predicted molar refractivity (Wildman–Crippen MR) is 135 cm³/mol. The van der Waals surface area contributed by atoms with Crippen molar-refractivity contribution in [3.8, 4) is 22.9 Å². The fraction of sp³-hybridized carbons (Fsp3) is 0.192. The molecule has 0 spiro atoms. The summed E-state index contributed by atoms with van der Waals surface area (Å²) < 4.78 is 27.8. The number of carbonyl (C=O) groups is 2. The minimum absolute atomic E-state index is 0.0129. The van der Waals surface area contributed by atoms with Crippen molar-refractivity contribution in [2.24, 2.45) is 13.0 Å². The lowest BCUT2D eigenvalue weighted by Gasteiger charge is -2.10. The van der Waals surface area contributed by atoms with Gasteiger partial charge in [0.1, 0.15) is 23.0 Å². The zero-order valence-corrected chi connectivity index (χ0v) is 20.5. The lowest BCUT2D eigenvalue weighted by molar-refractivity contribution is -0.117. The highest BCUT2D eigenvalue weighted by Gasteiger charge is 2.29. The Kier molecular flexibility index (Phi) is 6.60. The number of aromatic nitrogens is 4. The van der Waals surface area contributed by atoms with Gasteiger partial charge < -0.3 is 20.1 Å². The highest BCUT2D eigenvalue weighted by molar-refractivity contribution is 6.01. The second kappa shape index (κ2) is 10.2. The van der Waals surface area contributed by atoms with Gasteiger partial charge in [-0.3, -0.25) is 14.2 Å². The Morgan fingerprint density at radius 2 is 1.84 bits per heavy atom. The Bertz CT molecular complexity index is 1590. The largest absolute Gasteiger partial charge is 0.494 e. The number of nitrogens with one attached hydrogen (secondary N) is 2. The number of rotatable bonds is 8. The Labute approximate surface area is 215 Å². The molecule has 0 atom stereocenters. The number of ether oxygens (including phenoxy) is 2. The van der Waals surface area contributed by atoms with E-state index in [1.54, 1.807) is 24.3 Å². The molecule has 38 heavy (non-hydrogen) atoms. The van der Waals surface area contributed by atoms with Gasteiger partial charge in [-0.05, 0) is 43.2 Å². The van der Waals surface area contributed by atoms with Crippen LogP contribution >= 0.6 is 0 Å². The quantitative estimate of drug-likeness (QED) is 0.365. The molecule has 0 radical (unpaired) electrons. The van der Waals surface area contributed by atoms with Crippen LogP contribution in [-0.2, 0) is 11.8 Å². The third kappa shape index (κ3) is 5.09. The van der Waals surface area contributed by atoms with E-state index in [9.17, 15) is 18.8 Å². The number of methoxy groups -OCH3 is 1. The standard InChI is InChI=1S/C26H23FN6O5/c1-32-23(31-33(26(32)36)19-5-3-4-6-21(19)37-2)25(35)29-16-9-10-20(18(27)13-16)38-17-11-12-28-22(14-17)30-24(34)15-7-8-15/h3-6,9-15H,7-8H2,1-2H3,(H,29,35)(H,28,30,34). The summed E-state index contributed by atoms with van der Waals surface area (Å²) in [5.41, 5.74) is -0.0561. The fourth-order valence-electron chi connectivity index (χ4n) is 3.69. The maximum absolute atomic E-state index is 14.8. The summed E-state index contributed by atoms with van der Waals surface area (Å²) in [5, 5.41) is 9.39. The number of pyridine rings is 1. The van der Waals surface area contributed by atoms with Crippen LogP contribution in [0.1, 0.15) is 23.5 Å². The van der Waals surface area contributed by atoms with Gasteiger partial charge in [0.2, 0.25) is 11.7 Å². The molecule has 1 fully saturated rings. The second-order valence-electron chi connectivity index (χ2n) is 8.59. The average molecular weight is 519 g/mol. The predicted octanol–water partition coefficient (Wildman–Crippen LogP) is 3.51. The van der Waals surface area contributed by atoms with Crippen LogP contribution in [0.15, 0.2) is 65.6 Å². The highest BCUT2D eigenvalue weighted by atomic mass is 19.1. The van der Waals surface area contributed by atoms with Crippen molar-refractivity contribution < 1.29 is 23.5 Å². The minimum Gasteiger partial charge on any atom is -0.494 e. The highest BCUT2D eigenvalue weighted by Crippen LogP contribution is 2.31. The number of para-hydroxylation sites is 2. The van der Waals surface area contributed by atoms with Crippen molar-refractivity contribution in [3.63, 3.8) is 0 Å². The molecule has 0 bridgehead atoms. The van der Waals surface area contributed by atoms with E-state index in [0.29, 0.717) is 17.3 Å². The number of amides is 2. The minimum atomic E-state index is -0.739. The molecule has 11 nitrogen and oxygen atoms in total. The van der Waals surface area contributed by atoms with Gasteiger partial charge in [-0.2, -0.15) is 4.68 Å². The molecule has 1 aliphatic carbocycles. The monoisotopic (exact) mass is 518 g/mol. The summed E-state index contributed by atoms with van der Waals surface area (Å²) >= 11 is 0. The Morgan fingerprint density at radius 1 is 1.05 bits per heavy atom. The Hall–Kier alpha value is -5.00. The summed E-state index contributed by atoms with van der Waals surface area (Å²) in [5.74, 6) is -0.830. The molecule has 1 aliphatic rings. The normalized spacial score (nSPS) is 12.6. The zero-order chi connectivity index (χ0) is 26.8. The molecular weight excluding hydrogens is 495 g/mol. The SMILES string of the molecule is COc1ccccc1-n1nc(C(=O)Nc2ccc(Oc3ccnc(NC(=O)C4CC4)c3)c(F)c2)n(C)c1=O. The fourth-order valence-corrected chi connectivity index (χ4v) is 3.69. The molecule has 0 aliphatic heterocycles. The summed E-state index contributed by atoms with van der Waals surface area (Å²) in [4.78, 5) is 41.6. The Morgan fingerprint density at radius 3 is 2.58 bits per heavy atom. The molecule has 12 heteroatoms. The first-order valence-corrected chi connectivity index (χ1v) is 11.7. The van der Waals surface area contributed by atoms with E-state index in [-0.39, 0.29) is 34.8 Å². The molecule has 4 aromatic rings. The number of benzene rings is 2. The molecule has 0 saturated heterocycles. The van der Waals surface area contributed by atoms with Crippen LogP contribution in [-0.4, -0.2) is 38.3 Å². The molecule has 194 valence electrons. The van der Waals surface area contributed by atoms with Gasteiger partial charge in [-0.15, -0.1) is 5.10 Å². The van der Waals surface area contributed by atoms with Gasteiger partial charge in [0.05, 0.1) is 7.11 Å². The first-order valence-electron chi connectivity index (χ1n) is 11.7. The number of nitrogens with zero attached hydrogens (tertiary/aromatic N) is 4. The van der Waals surface area contributed by atoms with Crippen molar-refractivity contribution in [1.29, 1.82) is 0 Å². The van der Waals surface area contributed by atoms with Crippen molar-refractivity contribution in [1.82, 2.24) is 19.3 Å². The molecular formula is C26H23FN6O5. The number of carbonyl (C=O) groups excluding carboxylic acids is 2. The summed E-state index contributed by atoms with van der Waals surface area (Å²) in [6.07, 6.45) is 3.16. The third-order valence-corrected chi connectivity index (χ3v) is 5.85. The first kappa shape index (κ1) is 24.7.